The fourth-order valence-electron chi connectivity index (χ4n) is 2.36. The van der Waals surface area contributed by atoms with E-state index in [4.69, 9.17) is 0 Å². The molecule has 0 aliphatic heterocycles. The Morgan fingerprint density at radius 1 is 1.00 bits per heavy atom. The summed E-state index contributed by atoms with van der Waals surface area (Å²) < 4.78 is 0.700. The molecule has 1 aliphatic rings. The standard InChI is InChI=1S/C14H11I2/c1-9-6-7-11-10-4-2-3-5-12(10)14(16-15)13(11)8-9/h2-8,14H,1H3/q-1. The van der Waals surface area contributed by atoms with Gasteiger partial charge in [-0.15, -0.1) is 0 Å². The number of fused-ring (bicyclic) bond motifs is 3. The summed E-state index contributed by atoms with van der Waals surface area (Å²) in [5.41, 5.74) is 7.40. The van der Waals surface area contributed by atoms with E-state index in [0.29, 0.717) is 3.92 Å². The summed E-state index contributed by atoms with van der Waals surface area (Å²) in [5, 5.41) is 0. The monoisotopic (exact) mass is 433 g/mol. The Bertz CT molecular complexity index is 546. The number of hydrogen-bond donors (Lipinski definition) is 0. The minimum absolute atomic E-state index is 0.183. The van der Waals surface area contributed by atoms with E-state index >= 15 is 0 Å². The summed E-state index contributed by atoms with van der Waals surface area (Å²) in [6.45, 7) is 2.19. The zero-order chi connectivity index (χ0) is 11.1. The molecule has 0 aromatic heterocycles. The fraction of sp³-hybridized carbons (Fsp3) is 0.143. The zero-order valence-electron chi connectivity index (χ0n) is 8.87. The normalized spacial score (nSPS) is 17.2. The van der Waals surface area contributed by atoms with Gasteiger partial charge in [-0.25, -0.2) is 0 Å². The van der Waals surface area contributed by atoms with Gasteiger partial charge in [0.1, 0.15) is 0 Å². The van der Waals surface area contributed by atoms with Gasteiger partial charge in [-0.2, -0.15) is 0 Å². The van der Waals surface area contributed by atoms with Crippen molar-refractivity contribution < 1.29 is 17.2 Å². The zero-order valence-corrected chi connectivity index (χ0v) is 13.2. The molecule has 0 amide bonds. The SMILES string of the molecule is Cc1ccc2c(c1)C([I-]I)c1ccccc1-2. The van der Waals surface area contributed by atoms with Gasteiger partial charge in [-0.3, -0.25) is 0 Å². The molecule has 2 aromatic rings. The molecule has 1 atom stereocenters. The molecule has 3 rings (SSSR count). The Morgan fingerprint density at radius 2 is 1.75 bits per heavy atom. The van der Waals surface area contributed by atoms with Crippen molar-refractivity contribution in [2.24, 2.45) is 0 Å². The van der Waals surface area contributed by atoms with E-state index in [-0.39, 0.29) is 17.2 Å². The van der Waals surface area contributed by atoms with Gasteiger partial charge in [-0.05, 0) is 0 Å². The molecule has 16 heavy (non-hydrogen) atoms. The first-order chi connectivity index (χ1) is 7.81. The third-order valence-electron chi connectivity index (χ3n) is 3.09. The van der Waals surface area contributed by atoms with Gasteiger partial charge < -0.3 is 0 Å². The van der Waals surface area contributed by atoms with Crippen LogP contribution in [-0.2, 0) is 0 Å². The van der Waals surface area contributed by atoms with Crippen molar-refractivity contribution in [2.75, 3.05) is 0 Å². The molecule has 0 fully saturated rings. The fourth-order valence-corrected chi connectivity index (χ4v) is 7.32. The Balaban J connectivity index is 2.29. The van der Waals surface area contributed by atoms with Crippen molar-refractivity contribution in [1.82, 2.24) is 0 Å². The van der Waals surface area contributed by atoms with Crippen LogP contribution in [0, 0.1) is 6.92 Å². The van der Waals surface area contributed by atoms with Crippen LogP contribution in [0.3, 0.4) is 0 Å². The summed E-state index contributed by atoms with van der Waals surface area (Å²) in [4.78, 5) is 0. The molecule has 1 unspecified atom stereocenters. The van der Waals surface area contributed by atoms with E-state index in [1.165, 1.54) is 16.7 Å². The molecule has 2 heteroatoms. The first kappa shape index (κ1) is 11.0. The maximum atomic E-state index is 2.60. The first-order valence-corrected chi connectivity index (χ1v) is 12.8. The average molecular weight is 433 g/mol. The van der Waals surface area contributed by atoms with Crippen LogP contribution in [0.15, 0.2) is 42.5 Å². The third kappa shape index (κ3) is 1.61. The Kier molecular flexibility index (Phi) is 2.96. The van der Waals surface area contributed by atoms with Gasteiger partial charge in [0.25, 0.3) is 0 Å². The summed E-state index contributed by atoms with van der Waals surface area (Å²) in [7, 11) is 0. The quantitative estimate of drug-likeness (QED) is 0.473. The number of rotatable bonds is 1. The maximum absolute atomic E-state index is 2.60. The van der Waals surface area contributed by atoms with Crippen LogP contribution in [-0.4, -0.2) is 0 Å². The van der Waals surface area contributed by atoms with E-state index < -0.39 is 0 Å². The van der Waals surface area contributed by atoms with Crippen molar-refractivity contribution in [3.05, 3.63) is 59.2 Å². The van der Waals surface area contributed by atoms with Crippen LogP contribution in [0.4, 0.5) is 0 Å². The molecule has 0 heterocycles. The van der Waals surface area contributed by atoms with E-state index in [9.17, 15) is 0 Å². The van der Waals surface area contributed by atoms with Crippen LogP contribution >= 0.6 is 18.6 Å². The number of hydrogen-bond acceptors (Lipinski definition) is 0. The first-order valence-electron chi connectivity index (χ1n) is 5.25. The topological polar surface area (TPSA) is 0 Å². The second kappa shape index (κ2) is 4.29. The van der Waals surface area contributed by atoms with E-state index in [0.717, 1.165) is 0 Å². The van der Waals surface area contributed by atoms with Gasteiger partial charge in [0.05, 0.1) is 0 Å². The molecule has 0 spiro atoms. The van der Waals surface area contributed by atoms with Gasteiger partial charge in [-0.1, -0.05) is 0 Å². The molecular weight excluding hydrogens is 422 g/mol. The van der Waals surface area contributed by atoms with Crippen molar-refractivity contribution in [2.45, 2.75) is 10.8 Å². The van der Waals surface area contributed by atoms with E-state index in [2.05, 4.69) is 68.0 Å². The molecule has 0 saturated carbocycles. The number of benzene rings is 2. The number of halogens is 2. The molecule has 0 nitrogen and oxygen atoms in total. The van der Waals surface area contributed by atoms with Crippen LogP contribution in [0.1, 0.15) is 20.6 Å². The molecule has 1 aliphatic carbocycles. The van der Waals surface area contributed by atoms with Crippen LogP contribution < -0.4 is 17.2 Å². The molecule has 2 aromatic carbocycles. The van der Waals surface area contributed by atoms with Crippen molar-refractivity contribution in [3.63, 3.8) is 0 Å². The minimum atomic E-state index is 0.183. The summed E-state index contributed by atoms with van der Waals surface area (Å²) in [6.07, 6.45) is 0. The molecular formula is C14H11I2-. The summed E-state index contributed by atoms with van der Waals surface area (Å²) in [6, 6.07) is 15.8. The third-order valence-corrected chi connectivity index (χ3v) is 8.06. The second-order valence-electron chi connectivity index (χ2n) is 4.12. The average Bonchev–Trinajstić information content (AvgIpc) is 2.61. The van der Waals surface area contributed by atoms with E-state index in [1.54, 1.807) is 11.1 Å². The van der Waals surface area contributed by atoms with Crippen molar-refractivity contribution >= 4 is 18.6 Å². The van der Waals surface area contributed by atoms with Crippen molar-refractivity contribution in [3.8, 4) is 11.1 Å². The molecule has 0 N–H and O–H groups in total. The van der Waals surface area contributed by atoms with Gasteiger partial charge in [0.2, 0.25) is 0 Å². The molecule has 0 radical (unpaired) electrons. The Hall–Kier alpha value is -0.100. The predicted molar refractivity (Wildman–Crippen MR) is 72.5 cm³/mol. The van der Waals surface area contributed by atoms with Crippen LogP contribution in [0.2, 0.25) is 0 Å². The van der Waals surface area contributed by atoms with Gasteiger partial charge in [0.15, 0.2) is 0 Å². The summed E-state index contributed by atoms with van der Waals surface area (Å²) >= 11 is 2.79. The number of aryl methyl sites for hydroxylation is 1. The molecule has 0 bridgehead atoms. The molecule has 82 valence electrons. The van der Waals surface area contributed by atoms with Crippen LogP contribution in [0.5, 0.6) is 0 Å². The van der Waals surface area contributed by atoms with E-state index in [1.807, 2.05) is 0 Å². The predicted octanol–water partition coefficient (Wildman–Crippen LogP) is 1.50. The van der Waals surface area contributed by atoms with Gasteiger partial charge in [0, 0.05) is 0 Å². The molecule has 0 saturated heterocycles. The Morgan fingerprint density at radius 3 is 2.56 bits per heavy atom. The van der Waals surface area contributed by atoms with Crippen LogP contribution in [0.25, 0.3) is 11.1 Å². The van der Waals surface area contributed by atoms with Crippen molar-refractivity contribution in [1.29, 1.82) is 0 Å². The second-order valence-corrected chi connectivity index (χ2v) is 9.00. The Labute approximate surface area is 116 Å². The summed E-state index contributed by atoms with van der Waals surface area (Å²) in [5.74, 6) is 0. The number of alkyl halides is 1. The van der Waals surface area contributed by atoms with Gasteiger partial charge >= 0.3 is 117 Å².